The molecule has 0 aliphatic heterocycles. The minimum absolute atomic E-state index is 0.207. The zero-order valence-electron chi connectivity index (χ0n) is 14.5. The summed E-state index contributed by atoms with van der Waals surface area (Å²) in [5.41, 5.74) is 1.71. The van der Waals surface area contributed by atoms with Gasteiger partial charge in [0, 0.05) is 22.3 Å². The lowest BCUT2D eigenvalue weighted by Gasteiger charge is -2.10. The molecule has 0 radical (unpaired) electrons. The first-order valence-corrected chi connectivity index (χ1v) is 12.3. The summed E-state index contributed by atoms with van der Waals surface area (Å²) in [5.74, 6) is 0. The highest BCUT2D eigenvalue weighted by molar-refractivity contribution is 9.10. The molecule has 4 aromatic rings. The van der Waals surface area contributed by atoms with Crippen LogP contribution in [0.5, 0.6) is 0 Å². The standard InChI is InChI=1S/C18H13BrN4O2S3/c1-26-18-21-10-8-13(22-18)15-6-7-16(27-15)28(24,25)23-14-5-4-12(19)11-3-2-9-20-17(11)14/h2-10,23H,1H3. The number of hydrogen-bond acceptors (Lipinski definition) is 7. The average molecular weight is 493 g/mol. The number of fused-ring (bicyclic) bond motifs is 1. The number of thioether (sulfide) groups is 1. The third kappa shape index (κ3) is 3.77. The second kappa shape index (κ2) is 7.78. The van der Waals surface area contributed by atoms with Gasteiger partial charge < -0.3 is 0 Å². The van der Waals surface area contributed by atoms with E-state index in [-0.39, 0.29) is 4.21 Å². The van der Waals surface area contributed by atoms with Crippen molar-refractivity contribution in [3.8, 4) is 10.6 Å². The van der Waals surface area contributed by atoms with Crippen LogP contribution < -0.4 is 4.72 Å². The number of benzene rings is 1. The van der Waals surface area contributed by atoms with Gasteiger partial charge in [0.25, 0.3) is 10.0 Å². The largest absolute Gasteiger partial charge is 0.277 e. The highest BCUT2D eigenvalue weighted by Gasteiger charge is 2.20. The van der Waals surface area contributed by atoms with E-state index in [0.717, 1.165) is 26.1 Å². The van der Waals surface area contributed by atoms with Gasteiger partial charge in [0.15, 0.2) is 5.16 Å². The van der Waals surface area contributed by atoms with E-state index < -0.39 is 10.0 Å². The van der Waals surface area contributed by atoms with Crippen LogP contribution in [-0.2, 0) is 10.0 Å². The molecule has 1 aromatic carbocycles. The molecule has 142 valence electrons. The van der Waals surface area contributed by atoms with Crippen LogP contribution in [-0.4, -0.2) is 29.6 Å². The van der Waals surface area contributed by atoms with Gasteiger partial charge in [-0.3, -0.25) is 9.71 Å². The Morgan fingerprint density at radius 1 is 1.07 bits per heavy atom. The fourth-order valence-corrected chi connectivity index (χ4v) is 5.74. The summed E-state index contributed by atoms with van der Waals surface area (Å²) < 4.78 is 29.6. The summed E-state index contributed by atoms with van der Waals surface area (Å²) in [6, 6.07) is 12.3. The highest BCUT2D eigenvalue weighted by atomic mass is 79.9. The number of thiophene rings is 1. The number of aromatic nitrogens is 3. The molecule has 4 rings (SSSR count). The van der Waals surface area contributed by atoms with Gasteiger partial charge in [-0.25, -0.2) is 18.4 Å². The van der Waals surface area contributed by atoms with Gasteiger partial charge in [0.2, 0.25) is 0 Å². The van der Waals surface area contributed by atoms with E-state index in [9.17, 15) is 8.42 Å². The summed E-state index contributed by atoms with van der Waals surface area (Å²) in [6.07, 6.45) is 5.19. The fourth-order valence-electron chi connectivity index (χ4n) is 2.59. The maximum Gasteiger partial charge on any atom is 0.271 e. The number of rotatable bonds is 5. The minimum atomic E-state index is -3.76. The van der Waals surface area contributed by atoms with Crippen molar-refractivity contribution in [2.24, 2.45) is 0 Å². The quantitative estimate of drug-likeness (QED) is 0.310. The SMILES string of the molecule is CSc1nccc(-c2ccc(S(=O)(=O)Nc3ccc(Br)c4cccnc34)s2)n1. The van der Waals surface area contributed by atoms with Gasteiger partial charge >= 0.3 is 0 Å². The lowest BCUT2D eigenvalue weighted by molar-refractivity contribution is 0.603. The van der Waals surface area contributed by atoms with Crippen molar-refractivity contribution in [1.82, 2.24) is 15.0 Å². The van der Waals surface area contributed by atoms with Crippen molar-refractivity contribution in [2.75, 3.05) is 11.0 Å². The normalized spacial score (nSPS) is 11.6. The molecule has 0 atom stereocenters. The van der Waals surface area contributed by atoms with E-state index in [2.05, 4.69) is 35.6 Å². The summed E-state index contributed by atoms with van der Waals surface area (Å²) in [5, 5.41) is 1.47. The van der Waals surface area contributed by atoms with Crippen LogP contribution in [0.3, 0.4) is 0 Å². The Morgan fingerprint density at radius 2 is 1.93 bits per heavy atom. The Balaban J connectivity index is 1.69. The molecule has 0 bridgehead atoms. The Labute approximate surface area is 178 Å². The number of anilines is 1. The predicted octanol–water partition coefficient (Wildman–Crippen LogP) is 5.04. The molecule has 0 saturated heterocycles. The molecular formula is C18H13BrN4O2S3. The van der Waals surface area contributed by atoms with E-state index >= 15 is 0 Å². The number of hydrogen-bond donors (Lipinski definition) is 1. The maximum absolute atomic E-state index is 12.9. The maximum atomic E-state index is 12.9. The van der Waals surface area contributed by atoms with Crippen molar-refractivity contribution < 1.29 is 8.42 Å². The molecular weight excluding hydrogens is 480 g/mol. The average Bonchev–Trinajstić information content (AvgIpc) is 3.22. The minimum Gasteiger partial charge on any atom is -0.277 e. The van der Waals surface area contributed by atoms with Gasteiger partial charge in [-0.05, 0) is 42.7 Å². The van der Waals surface area contributed by atoms with Crippen molar-refractivity contribution in [3.63, 3.8) is 0 Å². The second-order valence-electron chi connectivity index (χ2n) is 5.65. The van der Waals surface area contributed by atoms with Crippen LogP contribution in [0.25, 0.3) is 21.5 Å². The molecule has 0 unspecified atom stereocenters. The zero-order valence-corrected chi connectivity index (χ0v) is 18.5. The van der Waals surface area contributed by atoms with Gasteiger partial charge in [-0.15, -0.1) is 11.3 Å². The number of nitrogens with zero attached hydrogens (tertiary/aromatic N) is 3. The number of nitrogens with one attached hydrogen (secondary N) is 1. The smallest absolute Gasteiger partial charge is 0.271 e. The molecule has 28 heavy (non-hydrogen) atoms. The molecule has 0 fully saturated rings. The molecule has 0 aliphatic rings. The van der Waals surface area contributed by atoms with Gasteiger partial charge in [-0.1, -0.05) is 33.8 Å². The second-order valence-corrected chi connectivity index (χ2v) is 10.3. The van der Waals surface area contributed by atoms with Crippen molar-refractivity contribution in [3.05, 3.63) is 59.3 Å². The Kier molecular flexibility index (Phi) is 5.37. The van der Waals surface area contributed by atoms with Crippen molar-refractivity contribution in [2.45, 2.75) is 9.37 Å². The first-order valence-electron chi connectivity index (χ1n) is 8.01. The lowest BCUT2D eigenvalue weighted by Crippen LogP contribution is -2.12. The van der Waals surface area contributed by atoms with E-state index in [1.54, 1.807) is 42.7 Å². The molecule has 0 spiro atoms. The summed E-state index contributed by atoms with van der Waals surface area (Å²) in [7, 11) is -3.76. The van der Waals surface area contributed by atoms with Crippen LogP contribution in [0.1, 0.15) is 0 Å². The predicted molar refractivity (Wildman–Crippen MR) is 117 cm³/mol. The molecule has 3 aromatic heterocycles. The molecule has 1 N–H and O–H groups in total. The first kappa shape index (κ1) is 19.3. The van der Waals surface area contributed by atoms with Gasteiger partial charge in [-0.2, -0.15) is 0 Å². The van der Waals surface area contributed by atoms with E-state index in [4.69, 9.17) is 0 Å². The summed E-state index contributed by atoms with van der Waals surface area (Å²) in [6.45, 7) is 0. The third-order valence-electron chi connectivity index (χ3n) is 3.88. The van der Waals surface area contributed by atoms with E-state index in [1.165, 1.54) is 11.8 Å². The van der Waals surface area contributed by atoms with Gasteiger partial charge in [0.05, 0.1) is 21.8 Å². The lowest BCUT2D eigenvalue weighted by atomic mass is 10.2. The van der Waals surface area contributed by atoms with Crippen molar-refractivity contribution in [1.29, 1.82) is 0 Å². The third-order valence-corrected chi connectivity index (χ3v) is 8.09. The van der Waals surface area contributed by atoms with Crippen LogP contribution in [0.2, 0.25) is 0 Å². The Bertz CT molecular complexity index is 1270. The van der Waals surface area contributed by atoms with Crippen LogP contribution in [0.15, 0.2) is 68.7 Å². The summed E-state index contributed by atoms with van der Waals surface area (Å²) in [4.78, 5) is 13.6. The molecule has 6 nitrogen and oxygen atoms in total. The first-order chi connectivity index (χ1) is 13.5. The molecule has 10 heteroatoms. The zero-order chi connectivity index (χ0) is 19.7. The molecule has 0 saturated carbocycles. The monoisotopic (exact) mass is 492 g/mol. The number of pyridine rings is 1. The van der Waals surface area contributed by atoms with E-state index in [0.29, 0.717) is 22.1 Å². The fraction of sp³-hybridized carbons (Fsp3) is 0.0556. The molecule has 0 aliphatic carbocycles. The topological polar surface area (TPSA) is 84.8 Å². The van der Waals surface area contributed by atoms with Gasteiger partial charge in [0.1, 0.15) is 4.21 Å². The molecule has 3 heterocycles. The Morgan fingerprint density at radius 3 is 2.75 bits per heavy atom. The van der Waals surface area contributed by atoms with Crippen molar-refractivity contribution >= 4 is 65.6 Å². The number of halogens is 1. The summed E-state index contributed by atoms with van der Waals surface area (Å²) >= 11 is 6.06. The van der Waals surface area contributed by atoms with Crippen LogP contribution in [0, 0.1) is 0 Å². The number of sulfonamides is 1. The Hall–Kier alpha value is -2.01. The van der Waals surface area contributed by atoms with E-state index in [1.807, 2.05) is 18.4 Å². The van der Waals surface area contributed by atoms with Crippen LogP contribution >= 0.6 is 39.0 Å². The molecule has 0 amide bonds. The van der Waals surface area contributed by atoms with Crippen LogP contribution in [0.4, 0.5) is 5.69 Å². The highest BCUT2D eigenvalue weighted by Crippen LogP contribution is 2.33.